The van der Waals surface area contributed by atoms with Crippen molar-refractivity contribution in [3.05, 3.63) is 12.2 Å². The first-order valence-corrected chi connectivity index (χ1v) is 9.36. The number of hydrogen-bond acceptors (Lipinski definition) is 4. The summed E-state index contributed by atoms with van der Waals surface area (Å²) in [7, 11) is 0. The maximum Gasteiger partial charge on any atom is 0.410 e. The van der Waals surface area contributed by atoms with Gasteiger partial charge in [-0.15, -0.1) is 0 Å². The van der Waals surface area contributed by atoms with Gasteiger partial charge in [-0.3, -0.25) is 4.68 Å². The molecule has 1 amide bonds. The summed E-state index contributed by atoms with van der Waals surface area (Å²) in [5.41, 5.74) is -2.17. The molecular weight excluding hydrogens is 361 g/mol. The highest BCUT2D eigenvalue weighted by atomic mass is 19.4. The van der Waals surface area contributed by atoms with Crippen molar-refractivity contribution in [2.45, 2.75) is 70.2 Å². The Kier molecular flexibility index (Phi) is 3.85. The fourth-order valence-corrected chi connectivity index (χ4v) is 4.40. The number of ether oxygens (including phenoxy) is 1. The van der Waals surface area contributed by atoms with E-state index in [0.717, 1.165) is 12.8 Å². The Balaban J connectivity index is 1.26. The molecule has 2 saturated carbocycles. The lowest BCUT2D eigenvalue weighted by molar-refractivity contribution is -0.162. The van der Waals surface area contributed by atoms with Gasteiger partial charge < -0.3 is 9.64 Å². The number of amides is 1. The number of carbonyl (C=O) groups excluding carboxylic acids is 1. The van der Waals surface area contributed by atoms with Gasteiger partial charge >= 0.3 is 12.3 Å². The van der Waals surface area contributed by atoms with E-state index in [1.54, 1.807) is 9.58 Å². The molecule has 1 aromatic heterocycles. The third-order valence-corrected chi connectivity index (χ3v) is 5.85. The van der Waals surface area contributed by atoms with Crippen LogP contribution < -0.4 is 0 Å². The minimum Gasteiger partial charge on any atom is -0.444 e. The number of carbonyl (C=O) groups is 1. The molecule has 0 N–H and O–H groups in total. The van der Waals surface area contributed by atoms with Crippen LogP contribution in [0.1, 0.15) is 52.3 Å². The van der Waals surface area contributed by atoms with E-state index >= 15 is 0 Å². The fourth-order valence-electron chi connectivity index (χ4n) is 4.40. The third kappa shape index (κ3) is 3.29. The standard InChI is InChI=1S/C18H25F3N4O2/c1-15(2,3)27-14(26)24-9-16(10-24)6-12(7-16)8-25-11-22-13(23-25)17(4-5-17)18(19,20)21/h11-12H,4-10H2,1-3H3. The van der Waals surface area contributed by atoms with E-state index in [1.807, 2.05) is 20.8 Å². The SMILES string of the molecule is CC(C)(C)OC(=O)N1CC2(CC(Cn3cnc(C4(C(F)(F)F)CC4)n3)C2)C1. The van der Waals surface area contributed by atoms with E-state index in [0.29, 0.717) is 25.6 Å². The lowest BCUT2D eigenvalue weighted by Crippen LogP contribution is -2.64. The molecule has 150 valence electrons. The molecule has 3 aliphatic rings. The average Bonchev–Trinajstić information content (AvgIpc) is 3.12. The summed E-state index contributed by atoms with van der Waals surface area (Å²) in [5, 5.41) is 4.11. The summed E-state index contributed by atoms with van der Waals surface area (Å²) in [4.78, 5) is 17.7. The lowest BCUT2D eigenvalue weighted by atomic mass is 9.58. The quantitative estimate of drug-likeness (QED) is 0.798. The highest BCUT2D eigenvalue weighted by Crippen LogP contribution is 2.58. The zero-order valence-electron chi connectivity index (χ0n) is 15.8. The van der Waals surface area contributed by atoms with Gasteiger partial charge in [-0.05, 0) is 52.4 Å². The zero-order chi connectivity index (χ0) is 19.7. The largest absolute Gasteiger partial charge is 0.444 e. The van der Waals surface area contributed by atoms with Crippen LogP contribution in [-0.2, 0) is 16.7 Å². The Morgan fingerprint density at radius 2 is 1.89 bits per heavy atom. The second-order valence-corrected chi connectivity index (χ2v) is 9.48. The topological polar surface area (TPSA) is 60.2 Å². The van der Waals surface area contributed by atoms with Crippen molar-refractivity contribution in [3.63, 3.8) is 0 Å². The van der Waals surface area contributed by atoms with Crippen molar-refractivity contribution in [1.29, 1.82) is 0 Å². The van der Waals surface area contributed by atoms with E-state index in [4.69, 9.17) is 4.74 Å². The average molecular weight is 386 g/mol. The Morgan fingerprint density at radius 3 is 2.41 bits per heavy atom. The van der Waals surface area contributed by atoms with Crippen LogP contribution in [0.5, 0.6) is 0 Å². The molecule has 0 aromatic carbocycles. The van der Waals surface area contributed by atoms with Crippen molar-refractivity contribution in [2.24, 2.45) is 11.3 Å². The number of rotatable bonds is 3. The van der Waals surface area contributed by atoms with Crippen molar-refractivity contribution < 1.29 is 22.7 Å². The number of aromatic nitrogens is 3. The molecule has 0 bridgehead atoms. The highest BCUT2D eigenvalue weighted by Gasteiger charge is 2.67. The Bertz CT molecular complexity index is 735. The van der Waals surface area contributed by atoms with Gasteiger partial charge in [0.15, 0.2) is 5.82 Å². The van der Waals surface area contributed by atoms with Gasteiger partial charge in [-0.25, -0.2) is 9.78 Å². The number of alkyl halides is 3. The monoisotopic (exact) mass is 386 g/mol. The van der Waals surface area contributed by atoms with Gasteiger partial charge in [0.25, 0.3) is 0 Å². The van der Waals surface area contributed by atoms with Gasteiger partial charge in [0.05, 0.1) is 0 Å². The first-order chi connectivity index (χ1) is 12.4. The molecule has 1 aromatic rings. The van der Waals surface area contributed by atoms with E-state index < -0.39 is 17.2 Å². The Labute approximate surface area is 156 Å². The molecule has 0 atom stereocenters. The minimum atomic E-state index is -4.28. The van der Waals surface area contributed by atoms with Crippen LogP contribution >= 0.6 is 0 Å². The van der Waals surface area contributed by atoms with Crippen LogP contribution in [0, 0.1) is 11.3 Å². The van der Waals surface area contributed by atoms with Crippen LogP contribution in [0.3, 0.4) is 0 Å². The third-order valence-electron chi connectivity index (χ3n) is 5.85. The first kappa shape index (κ1) is 18.6. The Hall–Kier alpha value is -1.80. The van der Waals surface area contributed by atoms with Crippen molar-refractivity contribution in [2.75, 3.05) is 13.1 Å². The predicted molar refractivity (Wildman–Crippen MR) is 90.0 cm³/mol. The van der Waals surface area contributed by atoms with Crippen LogP contribution in [-0.4, -0.2) is 50.6 Å². The molecule has 4 rings (SSSR count). The number of nitrogens with zero attached hydrogens (tertiary/aromatic N) is 4. The van der Waals surface area contributed by atoms with Crippen LogP contribution in [0.4, 0.5) is 18.0 Å². The molecule has 1 aliphatic heterocycles. The molecule has 0 unspecified atom stereocenters. The second kappa shape index (κ2) is 5.61. The van der Waals surface area contributed by atoms with Gasteiger partial charge in [0.1, 0.15) is 17.3 Å². The normalized spacial score (nSPS) is 23.7. The Morgan fingerprint density at radius 1 is 1.26 bits per heavy atom. The molecule has 1 spiro atoms. The second-order valence-electron chi connectivity index (χ2n) is 9.48. The maximum absolute atomic E-state index is 13.2. The van der Waals surface area contributed by atoms with E-state index in [1.165, 1.54) is 6.33 Å². The van der Waals surface area contributed by atoms with Crippen molar-refractivity contribution >= 4 is 6.09 Å². The summed E-state index contributed by atoms with van der Waals surface area (Å²) >= 11 is 0. The summed E-state index contributed by atoms with van der Waals surface area (Å²) in [5.74, 6) is 0.269. The molecule has 6 nitrogen and oxygen atoms in total. The number of halogens is 3. The van der Waals surface area contributed by atoms with Crippen LogP contribution in [0.15, 0.2) is 6.33 Å². The zero-order valence-corrected chi connectivity index (χ0v) is 15.8. The molecule has 3 fully saturated rings. The molecule has 27 heavy (non-hydrogen) atoms. The summed E-state index contributed by atoms with van der Waals surface area (Å²) in [6, 6.07) is 0. The van der Waals surface area contributed by atoms with Crippen LogP contribution in [0.25, 0.3) is 0 Å². The first-order valence-electron chi connectivity index (χ1n) is 9.36. The lowest BCUT2D eigenvalue weighted by Gasteiger charge is -2.58. The van der Waals surface area contributed by atoms with E-state index in [-0.39, 0.29) is 30.2 Å². The molecular formula is C18H25F3N4O2. The predicted octanol–water partition coefficient (Wildman–Crippen LogP) is 3.52. The smallest absolute Gasteiger partial charge is 0.410 e. The fraction of sp³-hybridized carbons (Fsp3) is 0.833. The van der Waals surface area contributed by atoms with Gasteiger partial charge in [0.2, 0.25) is 0 Å². The van der Waals surface area contributed by atoms with Gasteiger partial charge in [-0.2, -0.15) is 18.3 Å². The highest BCUT2D eigenvalue weighted by molar-refractivity contribution is 5.69. The molecule has 0 radical (unpaired) electrons. The van der Waals surface area contributed by atoms with Gasteiger partial charge in [-0.1, -0.05) is 0 Å². The van der Waals surface area contributed by atoms with E-state index in [2.05, 4.69) is 10.1 Å². The maximum atomic E-state index is 13.2. The summed E-state index contributed by atoms with van der Waals surface area (Å²) < 4.78 is 46.4. The molecule has 9 heteroatoms. The van der Waals surface area contributed by atoms with Crippen molar-refractivity contribution in [1.82, 2.24) is 19.7 Å². The molecule has 2 heterocycles. The van der Waals surface area contributed by atoms with Gasteiger partial charge in [0, 0.05) is 25.0 Å². The summed E-state index contributed by atoms with van der Waals surface area (Å²) in [6.45, 7) is 7.50. The van der Waals surface area contributed by atoms with E-state index in [9.17, 15) is 18.0 Å². The summed E-state index contributed by atoms with van der Waals surface area (Å²) in [6.07, 6.45) is -1.09. The molecule has 1 saturated heterocycles. The molecule has 2 aliphatic carbocycles. The van der Waals surface area contributed by atoms with Crippen LogP contribution in [0.2, 0.25) is 0 Å². The number of likely N-dealkylation sites (tertiary alicyclic amines) is 1. The van der Waals surface area contributed by atoms with Crippen molar-refractivity contribution in [3.8, 4) is 0 Å². The minimum absolute atomic E-state index is 0.0769. The number of hydrogen-bond donors (Lipinski definition) is 0.